The van der Waals surface area contributed by atoms with Crippen LogP contribution in [0, 0.1) is 0 Å². The van der Waals surface area contributed by atoms with Crippen LogP contribution in [0.2, 0.25) is 0 Å². The minimum absolute atomic E-state index is 0.0503. The number of thioether (sulfide) groups is 1. The number of carbonyl (C=O) groups is 3. The van der Waals surface area contributed by atoms with Crippen LogP contribution in [0.25, 0.3) is 0 Å². The predicted octanol–water partition coefficient (Wildman–Crippen LogP) is 2.68. The number of hydrogen-bond donors (Lipinski definition) is 4. The van der Waals surface area contributed by atoms with Gasteiger partial charge in [0, 0.05) is 47.9 Å². The highest BCUT2D eigenvalue weighted by atomic mass is 33.1. The summed E-state index contributed by atoms with van der Waals surface area (Å²) < 4.78 is 5.49. The fraction of sp³-hybridized carbons (Fsp3) is 0.864. The number of unbranched alkanes of at least 4 members (excludes halogenated alkanes) is 2. The first-order valence-corrected chi connectivity index (χ1v) is 15.6. The highest BCUT2D eigenvalue weighted by Gasteiger charge is 2.42. The van der Waals surface area contributed by atoms with E-state index in [0.717, 1.165) is 43.1 Å². The zero-order chi connectivity index (χ0) is 23.3. The molecule has 8 nitrogen and oxygen atoms in total. The molecule has 0 aliphatic carbocycles. The molecular weight excluding hydrogens is 480 g/mol. The van der Waals surface area contributed by atoms with Crippen LogP contribution in [0.5, 0.6) is 0 Å². The Bertz CT molecular complexity index is 637. The SMILES string of the molecule is O=C(CCCC[C@@H]1CCSS1)NCCOCCNC(=O)CCCC[C@H]1SC[C@H]2NC(=O)N[C@H]21. The summed E-state index contributed by atoms with van der Waals surface area (Å²) in [5, 5.41) is 13.0. The van der Waals surface area contributed by atoms with Gasteiger partial charge < -0.3 is 26.0 Å². The van der Waals surface area contributed by atoms with Gasteiger partial charge in [0.15, 0.2) is 0 Å². The van der Waals surface area contributed by atoms with E-state index in [1.54, 1.807) is 0 Å². The number of urea groups is 1. The number of fused-ring (bicyclic) bond motifs is 1. The zero-order valence-corrected chi connectivity index (χ0v) is 21.7. The maximum atomic E-state index is 12.0. The summed E-state index contributed by atoms with van der Waals surface area (Å²) in [6, 6.07) is 0.440. The standard InChI is InChI=1S/C22H38N4O4S3/c27-19(7-3-1-5-16-9-14-32-33-16)23-10-12-30-13-11-24-20(28)8-4-2-6-18-21-17(15-31-18)25-22(29)26-21/h16-18,21H,1-15H2,(H,23,27)(H,24,28)(H2,25,26,29)/t16-,17-,18-,21-/m1/s1. The van der Waals surface area contributed by atoms with Crippen LogP contribution in [0.3, 0.4) is 0 Å². The van der Waals surface area contributed by atoms with Gasteiger partial charge in [-0.2, -0.15) is 11.8 Å². The highest BCUT2D eigenvalue weighted by molar-refractivity contribution is 8.77. The first-order chi connectivity index (χ1) is 16.1. The molecule has 0 radical (unpaired) electrons. The molecule has 3 heterocycles. The van der Waals surface area contributed by atoms with E-state index in [2.05, 4.69) is 21.3 Å². The highest BCUT2D eigenvalue weighted by Crippen LogP contribution is 2.39. The lowest BCUT2D eigenvalue weighted by Crippen LogP contribution is -2.36. The number of ether oxygens (including phenoxy) is 1. The third-order valence-electron chi connectivity index (χ3n) is 6.12. The number of carbonyl (C=O) groups excluding carboxylic acids is 3. The topological polar surface area (TPSA) is 109 Å². The average molecular weight is 519 g/mol. The Morgan fingerprint density at radius 3 is 2.33 bits per heavy atom. The van der Waals surface area contributed by atoms with Crippen molar-refractivity contribution < 1.29 is 19.1 Å². The van der Waals surface area contributed by atoms with E-state index in [0.29, 0.717) is 44.4 Å². The van der Waals surface area contributed by atoms with Crippen molar-refractivity contribution in [1.82, 2.24) is 21.3 Å². The summed E-state index contributed by atoms with van der Waals surface area (Å²) in [6.45, 7) is 1.92. The molecule has 0 aromatic carbocycles. The van der Waals surface area contributed by atoms with Gasteiger partial charge in [0.1, 0.15) is 0 Å². The van der Waals surface area contributed by atoms with E-state index in [9.17, 15) is 14.4 Å². The molecule has 0 saturated carbocycles. The Labute approximate surface area is 209 Å². The van der Waals surface area contributed by atoms with Gasteiger partial charge in [-0.15, -0.1) is 0 Å². The van der Waals surface area contributed by atoms with Crippen molar-refractivity contribution in [2.24, 2.45) is 0 Å². The normalized spacial score (nSPS) is 26.0. The monoisotopic (exact) mass is 518 g/mol. The Morgan fingerprint density at radius 2 is 1.67 bits per heavy atom. The summed E-state index contributed by atoms with van der Waals surface area (Å²) in [6.07, 6.45) is 8.57. The van der Waals surface area contributed by atoms with Gasteiger partial charge in [0.05, 0.1) is 25.3 Å². The molecule has 0 aromatic heterocycles. The largest absolute Gasteiger partial charge is 0.378 e. The van der Waals surface area contributed by atoms with Gasteiger partial charge in [0.25, 0.3) is 0 Å². The minimum atomic E-state index is -0.0530. The van der Waals surface area contributed by atoms with Crippen LogP contribution in [0.4, 0.5) is 4.79 Å². The molecule has 11 heteroatoms. The maximum absolute atomic E-state index is 12.0. The van der Waals surface area contributed by atoms with Crippen molar-refractivity contribution in [3.63, 3.8) is 0 Å². The molecule has 0 unspecified atom stereocenters. The fourth-order valence-electron chi connectivity index (χ4n) is 4.30. The Morgan fingerprint density at radius 1 is 0.970 bits per heavy atom. The van der Waals surface area contributed by atoms with Gasteiger partial charge in [-0.3, -0.25) is 9.59 Å². The van der Waals surface area contributed by atoms with Crippen molar-refractivity contribution >= 4 is 51.2 Å². The first-order valence-electron chi connectivity index (χ1n) is 12.2. The summed E-state index contributed by atoms with van der Waals surface area (Å²) >= 11 is 1.91. The Hall–Kier alpha value is -0.780. The molecule has 4 atom stereocenters. The molecule has 3 aliphatic rings. The van der Waals surface area contributed by atoms with Crippen molar-refractivity contribution in [2.75, 3.05) is 37.8 Å². The van der Waals surface area contributed by atoms with E-state index in [-0.39, 0.29) is 29.9 Å². The molecule has 0 spiro atoms. The van der Waals surface area contributed by atoms with E-state index in [1.165, 1.54) is 18.6 Å². The van der Waals surface area contributed by atoms with E-state index < -0.39 is 0 Å². The molecule has 3 aliphatic heterocycles. The maximum Gasteiger partial charge on any atom is 0.315 e. The summed E-state index contributed by atoms with van der Waals surface area (Å²) in [4.78, 5) is 35.2. The average Bonchev–Trinajstić information content (AvgIpc) is 3.52. The van der Waals surface area contributed by atoms with Crippen LogP contribution in [-0.4, -0.2) is 78.2 Å². The Kier molecular flexibility index (Phi) is 12.4. The second-order valence-electron chi connectivity index (χ2n) is 8.75. The number of rotatable bonds is 16. The Balaban J connectivity index is 1.06. The van der Waals surface area contributed by atoms with Gasteiger partial charge >= 0.3 is 6.03 Å². The molecule has 0 bridgehead atoms. The predicted molar refractivity (Wildman–Crippen MR) is 138 cm³/mol. The van der Waals surface area contributed by atoms with Crippen molar-refractivity contribution in [2.45, 2.75) is 80.4 Å². The molecule has 0 aromatic rings. The number of nitrogens with one attached hydrogen (secondary N) is 4. The minimum Gasteiger partial charge on any atom is -0.378 e. The van der Waals surface area contributed by atoms with Gasteiger partial charge in [-0.1, -0.05) is 34.4 Å². The van der Waals surface area contributed by atoms with Gasteiger partial charge in [-0.25, -0.2) is 4.79 Å². The van der Waals surface area contributed by atoms with Crippen LogP contribution >= 0.6 is 33.3 Å². The molecule has 3 saturated heterocycles. The van der Waals surface area contributed by atoms with Crippen molar-refractivity contribution in [1.29, 1.82) is 0 Å². The second-order valence-corrected chi connectivity index (χ2v) is 12.8. The van der Waals surface area contributed by atoms with Gasteiger partial charge in [0.2, 0.25) is 11.8 Å². The van der Waals surface area contributed by atoms with Crippen LogP contribution in [0.1, 0.15) is 57.8 Å². The van der Waals surface area contributed by atoms with Crippen molar-refractivity contribution in [3.8, 4) is 0 Å². The molecule has 33 heavy (non-hydrogen) atoms. The lowest BCUT2D eigenvalue weighted by molar-refractivity contribution is -0.121. The lowest BCUT2D eigenvalue weighted by Gasteiger charge is -2.16. The summed E-state index contributed by atoms with van der Waals surface area (Å²) in [5.74, 6) is 2.38. The van der Waals surface area contributed by atoms with Crippen molar-refractivity contribution in [3.05, 3.63) is 0 Å². The van der Waals surface area contributed by atoms with E-state index in [4.69, 9.17) is 4.74 Å². The zero-order valence-electron chi connectivity index (χ0n) is 19.3. The molecule has 4 amide bonds. The van der Waals surface area contributed by atoms with Crippen LogP contribution < -0.4 is 21.3 Å². The first kappa shape index (κ1) is 26.8. The number of hydrogen-bond acceptors (Lipinski definition) is 7. The summed E-state index contributed by atoms with van der Waals surface area (Å²) in [5.41, 5.74) is 0. The third kappa shape index (κ3) is 10.2. The summed E-state index contributed by atoms with van der Waals surface area (Å²) in [7, 11) is 3.96. The third-order valence-corrected chi connectivity index (χ3v) is 10.6. The van der Waals surface area contributed by atoms with E-state index in [1.807, 2.05) is 33.3 Å². The molecule has 188 valence electrons. The molecule has 3 fully saturated rings. The molecular formula is C22H38N4O4S3. The van der Waals surface area contributed by atoms with Gasteiger partial charge in [-0.05, 0) is 32.1 Å². The smallest absolute Gasteiger partial charge is 0.315 e. The lowest BCUT2D eigenvalue weighted by atomic mass is 10.0. The van der Waals surface area contributed by atoms with Crippen LogP contribution in [0.15, 0.2) is 0 Å². The number of amides is 4. The second kappa shape index (κ2) is 15.3. The fourth-order valence-corrected chi connectivity index (χ4v) is 8.87. The van der Waals surface area contributed by atoms with E-state index >= 15 is 0 Å². The molecule has 4 N–H and O–H groups in total. The molecule has 3 rings (SSSR count). The van der Waals surface area contributed by atoms with Crippen LogP contribution in [-0.2, 0) is 14.3 Å². The quantitative estimate of drug-likeness (QED) is 0.141.